The second-order valence-corrected chi connectivity index (χ2v) is 7.24. The monoisotopic (exact) mass is 302 g/mol. The molecule has 1 aliphatic rings. The minimum Gasteiger partial charge on any atom is -0.397 e. The van der Waals surface area contributed by atoms with Crippen molar-refractivity contribution in [3.05, 3.63) is 59.7 Å². The summed E-state index contributed by atoms with van der Waals surface area (Å²) >= 11 is 0. The summed E-state index contributed by atoms with van der Waals surface area (Å²) in [4.78, 5) is 0. The normalized spacial score (nSPS) is 14.2. The van der Waals surface area contributed by atoms with E-state index in [0.717, 1.165) is 17.5 Å². The third-order valence-corrected chi connectivity index (χ3v) is 5.57. The highest BCUT2D eigenvalue weighted by molar-refractivity contribution is 7.92. The molecule has 1 heterocycles. The molecule has 4 nitrogen and oxygen atoms in total. The van der Waals surface area contributed by atoms with Crippen LogP contribution < -0.4 is 10.0 Å². The molecule has 0 amide bonds. The predicted molar refractivity (Wildman–Crippen MR) is 85.8 cm³/mol. The summed E-state index contributed by atoms with van der Waals surface area (Å²) in [5.74, 6) is 0.102. The minimum absolute atomic E-state index is 0.102. The predicted octanol–water partition coefficient (Wildman–Crippen LogP) is 2.20. The van der Waals surface area contributed by atoms with E-state index in [9.17, 15) is 8.42 Å². The average molecular weight is 302 g/mol. The Morgan fingerprint density at radius 2 is 1.81 bits per heavy atom. The lowest BCUT2D eigenvalue weighted by molar-refractivity contribution is 0.591. The molecular formula is C16H18N2O2S. The van der Waals surface area contributed by atoms with E-state index in [2.05, 4.69) is 0 Å². The van der Waals surface area contributed by atoms with E-state index in [1.807, 2.05) is 42.5 Å². The Hall–Kier alpha value is -2.01. The maximum Gasteiger partial charge on any atom is 0.235 e. The van der Waals surface area contributed by atoms with Crippen molar-refractivity contribution in [3.63, 3.8) is 0 Å². The lowest BCUT2D eigenvalue weighted by atomic mass is 10.1. The molecule has 0 saturated heterocycles. The van der Waals surface area contributed by atoms with Gasteiger partial charge in [0, 0.05) is 6.54 Å². The molecule has 2 N–H and O–H groups in total. The van der Waals surface area contributed by atoms with Crippen LogP contribution in [0.3, 0.4) is 0 Å². The topological polar surface area (TPSA) is 63.4 Å². The van der Waals surface area contributed by atoms with Crippen molar-refractivity contribution in [1.29, 1.82) is 0 Å². The van der Waals surface area contributed by atoms with Crippen molar-refractivity contribution >= 4 is 21.4 Å². The number of rotatable bonds is 4. The number of nitrogens with zero attached hydrogens (tertiary/aromatic N) is 1. The third-order valence-electron chi connectivity index (χ3n) is 3.81. The van der Waals surface area contributed by atoms with E-state index in [-0.39, 0.29) is 5.75 Å². The van der Waals surface area contributed by atoms with Gasteiger partial charge in [0.1, 0.15) is 0 Å². The van der Waals surface area contributed by atoms with Gasteiger partial charge in [0.05, 0.1) is 17.1 Å². The molecule has 0 spiro atoms. The van der Waals surface area contributed by atoms with Crippen molar-refractivity contribution in [2.24, 2.45) is 0 Å². The van der Waals surface area contributed by atoms with E-state index in [4.69, 9.17) is 5.73 Å². The molecule has 0 bridgehead atoms. The smallest absolute Gasteiger partial charge is 0.235 e. The third kappa shape index (κ3) is 2.74. The first-order chi connectivity index (χ1) is 10.1. The lowest BCUT2D eigenvalue weighted by Crippen LogP contribution is -2.32. The first-order valence-electron chi connectivity index (χ1n) is 6.99. The van der Waals surface area contributed by atoms with Crippen molar-refractivity contribution in [2.45, 2.75) is 12.8 Å². The molecule has 1 aliphatic heterocycles. The van der Waals surface area contributed by atoms with Crippen LogP contribution in [0.2, 0.25) is 0 Å². The van der Waals surface area contributed by atoms with E-state index in [0.29, 0.717) is 24.3 Å². The van der Waals surface area contributed by atoms with E-state index < -0.39 is 10.0 Å². The van der Waals surface area contributed by atoms with Gasteiger partial charge < -0.3 is 5.73 Å². The molecule has 3 rings (SSSR count). The molecule has 110 valence electrons. The first-order valence-corrected chi connectivity index (χ1v) is 8.60. The number of nitrogens with two attached hydrogens (primary N) is 1. The second kappa shape index (κ2) is 5.41. The summed E-state index contributed by atoms with van der Waals surface area (Å²) in [5.41, 5.74) is 9.21. The van der Waals surface area contributed by atoms with Crippen molar-refractivity contribution in [3.8, 4) is 0 Å². The summed E-state index contributed by atoms with van der Waals surface area (Å²) in [6.07, 6.45) is 1.24. The van der Waals surface area contributed by atoms with Crippen molar-refractivity contribution in [2.75, 3.05) is 22.3 Å². The lowest BCUT2D eigenvalue weighted by Gasteiger charge is -2.20. The molecule has 0 unspecified atom stereocenters. The van der Waals surface area contributed by atoms with Gasteiger partial charge in [0.25, 0.3) is 0 Å². The van der Waals surface area contributed by atoms with Gasteiger partial charge in [-0.25, -0.2) is 8.42 Å². The average Bonchev–Trinajstić information content (AvgIpc) is 2.93. The van der Waals surface area contributed by atoms with Crippen LogP contribution in [0.15, 0.2) is 48.5 Å². The number of nitrogen functional groups attached to an aromatic ring is 1. The number of fused-ring (bicyclic) bond motifs is 1. The standard InChI is InChI=1S/C16H18N2O2S/c17-15-8-4-7-14-9-11-18(16(14)15)21(19,20)12-10-13-5-2-1-3-6-13/h1-8H,9-12,17H2. The van der Waals surface area contributed by atoms with Gasteiger partial charge in [0.2, 0.25) is 10.0 Å². The Bertz CT molecular complexity index is 742. The number of hydrogen-bond donors (Lipinski definition) is 1. The van der Waals surface area contributed by atoms with Crippen LogP contribution >= 0.6 is 0 Å². The van der Waals surface area contributed by atoms with E-state index in [1.165, 1.54) is 4.31 Å². The minimum atomic E-state index is -3.34. The summed E-state index contributed by atoms with van der Waals surface area (Å²) in [6.45, 7) is 0.487. The Kier molecular flexibility index (Phi) is 3.59. The van der Waals surface area contributed by atoms with Crippen LogP contribution in [-0.4, -0.2) is 20.7 Å². The number of para-hydroxylation sites is 1. The number of sulfonamides is 1. The Balaban J connectivity index is 1.82. The second-order valence-electron chi connectivity index (χ2n) is 5.23. The van der Waals surface area contributed by atoms with Crippen molar-refractivity contribution in [1.82, 2.24) is 0 Å². The SMILES string of the molecule is Nc1cccc2c1N(S(=O)(=O)CCc1ccccc1)CC2. The molecule has 0 radical (unpaired) electrons. The van der Waals surface area contributed by atoms with Gasteiger partial charge in [-0.05, 0) is 30.0 Å². The van der Waals surface area contributed by atoms with Gasteiger partial charge in [-0.2, -0.15) is 0 Å². The fourth-order valence-corrected chi connectivity index (χ4v) is 4.32. The number of benzene rings is 2. The highest BCUT2D eigenvalue weighted by Crippen LogP contribution is 2.35. The molecule has 0 aromatic heterocycles. The first kappa shape index (κ1) is 13.9. The highest BCUT2D eigenvalue weighted by atomic mass is 32.2. The zero-order valence-corrected chi connectivity index (χ0v) is 12.5. The Morgan fingerprint density at radius 3 is 2.57 bits per heavy atom. The maximum atomic E-state index is 12.6. The molecule has 0 saturated carbocycles. The fourth-order valence-electron chi connectivity index (χ4n) is 2.73. The van der Waals surface area contributed by atoms with Crippen molar-refractivity contribution < 1.29 is 8.42 Å². The van der Waals surface area contributed by atoms with Gasteiger partial charge in [-0.15, -0.1) is 0 Å². The number of hydrogen-bond acceptors (Lipinski definition) is 3. The van der Waals surface area contributed by atoms with Crippen LogP contribution in [0.4, 0.5) is 11.4 Å². The van der Waals surface area contributed by atoms with Crippen LogP contribution in [0.1, 0.15) is 11.1 Å². The van der Waals surface area contributed by atoms with Crippen LogP contribution in [0, 0.1) is 0 Å². The maximum absolute atomic E-state index is 12.6. The molecule has 0 atom stereocenters. The van der Waals surface area contributed by atoms with E-state index in [1.54, 1.807) is 6.07 Å². The molecule has 21 heavy (non-hydrogen) atoms. The Morgan fingerprint density at radius 1 is 1.05 bits per heavy atom. The summed E-state index contributed by atoms with van der Waals surface area (Å²) < 4.78 is 26.7. The number of aryl methyl sites for hydroxylation is 1. The summed E-state index contributed by atoms with van der Waals surface area (Å²) in [6, 6.07) is 15.2. The number of anilines is 2. The zero-order valence-electron chi connectivity index (χ0n) is 11.7. The van der Waals surface area contributed by atoms with Crippen LogP contribution in [0.25, 0.3) is 0 Å². The van der Waals surface area contributed by atoms with Gasteiger partial charge in [-0.3, -0.25) is 4.31 Å². The largest absolute Gasteiger partial charge is 0.397 e. The fraction of sp³-hybridized carbons (Fsp3) is 0.250. The Labute approximate surface area is 125 Å². The molecule has 5 heteroatoms. The molecule has 2 aromatic rings. The zero-order chi connectivity index (χ0) is 14.9. The summed E-state index contributed by atoms with van der Waals surface area (Å²) in [5, 5.41) is 0. The van der Waals surface area contributed by atoms with Gasteiger partial charge in [-0.1, -0.05) is 42.5 Å². The molecule has 2 aromatic carbocycles. The van der Waals surface area contributed by atoms with Crippen LogP contribution in [0.5, 0.6) is 0 Å². The molecule has 0 fully saturated rings. The van der Waals surface area contributed by atoms with E-state index >= 15 is 0 Å². The quantitative estimate of drug-likeness (QED) is 0.881. The molecular weight excluding hydrogens is 284 g/mol. The summed E-state index contributed by atoms with van der Waals surface area (Å²) in [7, 11) is -3.34. The molecule has 0 aliphatic carbocycles. The van der Waals surface area contributed by atoms with Gasteiger partial charge in [0.15, 0.2) is 0 Å². The highest BCUT2D eigenvalue weighted by Gasteiger charge is 2.30. The van der Waals surface area contributed by atoms with Gasteiger partial charge >= 0.3 is 0 Å². The van der Waals surface area contributed by atoms with Crippen LogP contribution in [-0.2, 0) is 22.9 Å².